The number of methoxy groups -OCH3 is 4. The van der Waals surface area contributed by atoms with Gasteiger partial charge in [-0.2, -0.15) is 0 Å². The van der Waals surface area contributed by atoms with E-state index in [2.05, 4.69) is 52.5 Å². The number of aromatic nitrogens is 12. The van der Waals surface area contributed by atoms with E-state index in [1.165, 1.54) is 0 Å². The molecule has 2 aliphatic rings. The molecular weight excluding hydrogens is 921 g/mol. The average molecular weight is 983 g/mol. The van der Waals surface area contributed by atoms with Crippen LogP contribution >= 0.6 is 0 Å². The minimum absolute atomic E-state index is 0.461. The largest absolute Gasteiger partial charge is 0.382 e. The third-order valence-electron chi connectivity index (χ3n) is 12.1. The Kier molecular flexibility index (Phi) is 17.4. The maximum absolute atomic E-state index is 5.94. The van der Waals surface area contributed by atoms with Gasteiger partial charge in [0.2, 0.25) is 0 Å². The summed E-state index contributed by atoms with van der Waals surface area (Å²) < 4.78 is 53.0. The maximum atomic E-state index is 5.94. The molecular formula is C52H62N12O8. The molecule has 20 nitrogen and oxygen atoms in total. The van der Waals surface area contributed by atoms with E-state index in [0.29, 0.717) is 152 Å². The van der Waals surface area contributed by atoms with Gasteiger partial charge in [0.15, 0.2) is 0 Å². The highest BCUT2D eigenvalue weighted by Gasteiger charge is 2.24. The molecule has 0 saturated heterocycles. The zero-order valence-electron chi connectivity index (χ0n) is 41.3. The van der Waals surface area contributed by atoms with Crippen molar-refractivity contribution in [3.05, 3.63) is 96.6 Å². The van der Waals surface area contributed by atoms with Crippen molar-refractivity contribution in [3.63, 3.8) is 0 Å². The van der Waals surface area contributed by atoms with Crippen molar-refractivity contribution in [2.75, 3.05) is 108 Å². The Labute approximate surface area is 417 Å². The molecule has 7 aromatic heterocycles. The van der Waals surface area contributed by atoms with Gasteiger partial charge in [0.1, 0.15) is 23.3 Å². The number of hydrogen-bond donors (Lipinski definition) is 2. The number of imidazole rings is 4. The summed E-state index contributed by atoms with van der Waals surface area (Å²) >= 11 is 0. The van der Waals surface area contributed by atoms with Gasteiger partial charge in [-0.05, 0) is 48.6 Å². The number of rotatable bonds is 28. The lowest BCUT2D eigenvalue weighted by Gasteiger charge is -2.11. The van der Waals surface area contributed by atoms with Crippen LogP contribution in [-0.2, 0) is 64.1 Å². The van der Waals surface area contributed by atoms with Crippen LogP contribution in [0.15, 0.2) is 73.8 Å². The average Bonchev–Trinajstić information content (AvgIpc) is 4.24. The fraction of sp³-hybridized carbons (Fsp3) is 0.385. The van der Waals surface area contributed by atoms with Gasteiger partial charge in [0.05, 0.1) is 146 Å². The number of ether oxygens (including phenoxy) is 8. The van der Waals surface area contributed by atoms with Crippen molar-refractivity contribution < 1.29 is 37.9 Å². The molecule has 378 valence electrons. The van der Waals surface area contributed by atoms with E-state index < -0.39 is 0 Å². The van der Waals surface area contributed by atoms with E-state index in [-0.39, 0.29) is 0 Å². The first-order valence-corrected chi connectivity index (χ1v) is 24.1. The van der Waals surface area contributed by atoms with E-state index in [4.69, 9.17) is 67.8 Å². The molecule has 9 heterocycles. The van der Waals surface area contributed by atoms with Crippen molar-refractivity contribution in [1.82, 2.24) is 58.1 Å². The summed E-state index contributed by atoms with van der Waals surface area (Å²) in [6.07, 6.45) is 23.2. The molecule has 0 aromatic carbocycles. The number of nitrogens with one attached hydrogen (secondary N) is 2. The van der Waals surface area contributed by atoms with Crippen LogP contribution in [0, 0.1) is 0 Å². The van der Waals surface area contributed by atoms with Crippen LogP contribution in [0.25, 0.3) is 91.9 Å². The molecule has 72 heavy (non-hydrogen) atoms. The van der Waals surface area contributed by atoms with E-state index in [1.54, 1.807) is 53.2 Å². The minimum atomic E-state index is 0.461. The Bertz CT molecular complexity index is 2700. The zero-order chi connectivity index (χ0) is 49.5. The lowest BCUT2D eigenvalue weighted by molar-refractivity contribution is 0.0667. The van der Waals surface area contributed by atoms with Crippen molar-refractivity contribution in [3.8, 4) is 45.6 Å². The van der Waals surface area contributed by atoms with Gasteiger partial charge in [-0.3, -0.25) is 0 Å². The molecule has 8 bridgehead atoms. The number of nitrogens with zero attached hydrogens (tertiary/aromatic N) is 10. The van der Waals surface area contributed by atoms with Crippen LogP contribution in [0.5, 0.6) is 0 Å². The highest BCUT2D eigenvalue weighted by Crippen LogP contribution is 2.37. The van der Waals surface area contributed by atoms with Crippen LogP contribution in [0.4, 0.5) is 0 Å². The summed E-state index contributed by atoms with van der Waals surface area (Å²) in [5, 5.41) is 0. The highest BCUT2D eigenvalue weighted by atomic mass is 16.5. The maximum Gasteiger partial charge on any atom is 0.144 e. The summed E-state index contributed by atoms with van der Waals surface area (Å²) in [6, 6.07) is 8.27. The number of hydrogen-bond acceptors (Lipinski definition) is 14. The van der Waals surface area contributed by atoms with Crippen LogP contribution in [0.3, 0.4) is 0 Å². The highest BCUT2D eigenvalue weighted by molar-refractivity contribution is 5.97. The molecule has 0 unspecified atom stereocenters. The number of H-pyrrole nitrogens is 2. The van der Waals surface area contributed by atoms with Crippen LogP contribution in [-0.4, -0.2) is 166 Å². The second kappa shape index (κ2) is 25.0. The third-order valence-corrected chi connectivity index (χ3v) is 12.1. The van der Waals surface area contributed by atoms with Crippen molar-refractivity contribution in [2.45, 2.75) is 26.2 Å². The molecule has 0 saturated carbocycles. The molecule has 0 amide bonds. The van der Waals surface area contributed by atoms with Crippen LogP contribution in [0.2, 0.25) is 0 Å². The Morgan fingerprint density at radius 3 is 0.833 bits per heavy atom. The standard InChI is InChI=1S/C52H62N12O8/c1-65-29-33-69-25-21-61-17-13-53-49(61)45-37-5-7-39(57-37)46(50-54-14-18-62(50)22-26-70-34-30-66-2)41-9-11-43(59-41)48(52-56-16-20-64(52)24-28-72-36-32-68-4)44-12-10-42(60-44)47(40-8-6-38(45)58-40)51-55-15-19-63(51)23-27-71-35-31-67-3/h5-20,57,60H,21-36H2,1-4H3. The summed E-state index contributed by atoms with van der Waals surface area (Å²) in [5.74, 6) is 2.86. The Morgan fingerprint density at radius 2 is 0.597 bits per heavy atom. The SMILES string of the molecule is COCCOCCn1ccnc1-c1c2nc(c(-c3nccn3CCOCCOC)c3ccc([nH]3)c(-c3nccn3CCOCCOC)c3nc(c(-c4nccn4CCOCCOC)c4ccc1[nH]4)C=C3)C=C2. The summed E-state index contributed by atoms with van der Waals surface area (Å²) in [6.45, 7) is 8.01. The zero-order valence-corrected chi connectivity index (χ0v) is 41.3. The first-order chi connectivity index (χ1) is 35.6. The molecule has 2 N–H and O–H groups in total. The topological polar surface area (TPSA) is 202 Å². The summed E-state index contributed by atoms with van der Waals surface area (Å²) in [7, 11) is 6.66. The minimum Gasteiger partial charge on any atom is -0.382 e. The van der Waals surface area contributed by atoms with Crippen molar-refractivity contribution in [2.24, 2.45) is 0 Å². The quantitative estimate of drug-likeness (QED) is 0.0488. The number of aromatic amines is 2. The Balaban J connectivity index is 1.30. The van der Waals surface area contributed by atoms with Gasteiger partial charge in [0.25, 0.3) is 0 Å². The molecule has 0 radical (unpaired) electrons. The molecule has 20 heteroatoms. The molecule has 2 aliphatic heterocycles. The smallest absolute Gasteiger partial charge is 0.144 e. The predicted molar refractivity (Wildman–Crippen MR) is 275 cm³/mol. The van der Waals surface area contributed by atoms with Crippen molar-refractivity contribution in [1.29, 1.82) is 0 Å². The van der Waals surface area contributed by atoms with E-state index in [9.17, 15) is 0 Å². The van der Waals surface area contributed by atoms with Gasteiger partial charge in [-0.1, -0.05) is 0 Å². The lowest BCUT2D eigenvalue weighted by Crippen LogP contribution is -2.10. The Morgan fingerprint density at radius 1 is 0.347 bits per heavy atom. The molecule has 0 spiro atoms. The van der Waals surface area contributed by atoms with E-state index in [0.717, 1.165) is 44.3 Å². The van der Waals surface area contributed by atoms with Crippen LogP contribution < -0.4 is 0 Å². The molecule has 7 aromatic rings. The van der Waals surface area contributed by atoms with Gasteiger partial charge in [-0.15, -0.1) is 0 Å². The van der Waals surface area contributed by atoms with Gasteiger partial charge < -0.3 is 66.1 Å². The normalized spacial score (nSPS) is 12.3. The van der Waals surface area contributed by atoms with Crippen LogP contribution in [0.1, 0.15) is 22.8 Å². The molecule has 9 rings (SSSR count). The fourth-order valence-electron chi connectivity index (χ4n) is 8.65. The Hall–Kier alpha value is -6.88. The second-order valence-corrected chi connectivity index (χ2v) is 16.7. The van der Waals surface area contributed by atoms with E-state index in [1.807, 2.05) is 49.1 Å². The number of fused-ring (bicyclic) bond motifs is 8. The summed E-state index contributed by atoms with van der Waals surface area (Å²) in [5.41, 5.74) is 9.16. The molecule has 0 atom stereocenters. The van der Waals surface area contributed by atoms with Crippen molar-refractivity contribution >= 4 is 46.4 Å². The first-order valence-electron chi connectivity index (χ1n) is 24.1. The summed E-state index contributed by atoms with van der Waals surface area (Å²) in [4.78, 5) is 38.4. The van der Waals surface area contributed by atoms with E-state index >= 15 is 0 Å². The predicted octanol–water partition coefficient (Wildman–Crippen LogP) is 6.76. The van der Waals surface area contributed by atoms with Gasteiger partial charge in [-0.25, -0.2) is 29.9 Å². The van der Waals surface area contributed by atoms with Gasteiger partial charge in [0, 0.05) is 104 Å². The fourth-order valence-corrected chi connectivity index (χ4v) is 8.65. The van der Waals surface area contributed by atoms with Gasteiger partial charge >= 0.3 is 0 Å². The molecule has 0 fully saturated rings. The third kappa shape index (κ3) is 11.6. The lowest BCUT2D eigenvalue weighted by atomic mass is 10.1. The second-order valence-electron chi connectivity index (χ2n) is 16.7. The monoisotopic (exact) mass is 982 g/mol. The molecule has 0 aliphatic carbocycles. The first kappa shape index (κ1) is 50.1.